The molecule has 8 heteroatoms. The minimum absolute atomic E-state index is 0.0712. The molecule has 0 radical (unpaired) electrons. The number of thioether (sulfide) groups is 1. The average molecular weight is 467 g/mol. The molecule has 0 N–H and O–H groups in total. The van der Waals surface area contributed by atoms with Crippen molar-refractivity contribution in [1.82, 2.24) is 4.90 Å². The fraction of sp³-hybridized carbons (Fsp3) is 0.120. The monoisotopic (exact) mass is 467 g/mol. The van der Waals surface area contributed by atoms with Gasteiger partial charge in [-0.2, -0.15) is 0 Å². The molecule has 0 aliphatic carbocycles. The van der Waals surface area contributed by atoms with E-state index >= 15 is 0 Å². The van der Waals surface area contributed by atoms with Crippen molar-refractivity contribution in [2.75, 3.05) is 7.11 Å². The zero-order chi connectivity index (χ0) is 23.4. The van der Waals surface area contributed by atoms with Crippen molar-refractivity contribution in [3.8, 4) is 11.5 Å². The summed E-state index contributed by atoms with van der Waals surface area (Å²) >= 11 is 0.847. The molecular formula is C25H19F2NO4S. The largest absolute Gasteiger partial charge is 0.493 e. The summed E-state index contributed by atoms with van der Waals surface area (Å²) in [6.07, 6.45) is 1.61. The Labute approximate surface area is 193 Å². The number of rotatable bonds is 7. The van der Waals surface area contributed by atoms with Crippen molar-refractivity contribution < 1.29 is 27.8 Å². The molecule has 1 fully saturated rings. The standard InChI is InChI=1S/C25H19F2NO4S/c1-31-22-12-18(6-11-21(22)32-15-17-4-9-20(27)10-5-17)13-23-24(29)28(25(30)33-23)14-16-2-7-19(26)8-3-16/h2-13H,14-15H2,1H3/b23-13-. The molecule has 3 aromatic carbocycles. The number of methoxy groups -OCH3 is 1. The van der Waals surface area contributed by atoms with Crippen LogP contribution in [-0.2, 0) is 17.9 Å². The lowest BCUT2D eigenvalue weighted by Gasteiger charge is -2.12. The first kappa shape index (κ1) is 22.5. The third kappa shape index (κ3) is 5.40. The highest BCUT2D eigenvalue weighted by atomic mass is 32.2. The summed E-state index contributed by atoms with van der Waals surface area (Å²) in [6.45, 7) is 0.306. The van der Waals surface area contributed by atoms with Crippen LogP contribution in [0.2, 0.25) is 0 Å². The number of carbonyl (C=O) groups excluding carboxylic acids is 2. The molecule has 168 valence electrons. The molecule has 1 aliphatic heterocycles. The maximum absolute atomic E-state index is 13.1. The van der Waals surface area contributed by atoms with Crippen LogP contribution in [-0.4, -0.2) is 23.2 Å². The highest BCUT2D eigenvalue weighted by Crippen LogP contribution is 2.35. The Bertz CT molecular complexity index is 1210. The lowest BCUT2D eigenvalue weighted by molar-refractivity contribution is -0.123. The zero-order valence-electron chi connectivity index (χ0n) is 17.6. The topological polar surface area (TPSA) is 55.8 Å². The summed E-state index contributed by atoms with van der Waals surface area (Å²) in [5, 5.41) is -0.387. The van der Waals surface area contributed by atoms with Crippen molar-refractivity contribution in [2.45, 2.75) is 13.2 Å². The van der Waals surface area contributed by atoms with Gasteiger partial charge in [0.05, 0.1) is 18.6 Å². The molecule has 33 heavy (non-hydrogen) atoms. The Morgan fingerprint density at radius 1 is 0.879 bits per heavy atom. The Balaban J connectivity index is 1.47. The second-order valence-corrected chi connectivity index (χ2v) is 8.21. The molecule has 0 aromatic heterocycles. The van der Waals surface area contributed by atoms with Crippen LogP contribution in [0.15, 0.2) is 71.6 Å². The van der Waals surface area contributed by atoms with E-state index in [0.29, 0.717) is 22.6 Å². The van der Waals surface area contributed by atoms with Gasteiger partial charge in [-0.15, -0.1) is 0 Å². The lowest BCUT2D eigenvalue weighted by atomic mass is 10.1. The molecule has 3 aromatic rings. The van der Waals surface area contributed by atoms with Crippen molar-refractivity contribution >= 4 is 29.0 Å². The van der Waals surface area contributed by atoms with Crippen LogP contribution >= 0.6 is 11.8 Å². The Kier molecular flexibility index (Phi) is 6.74. The number of hydrogen-bond donors (Lipinski definition) is 0. The summed E-state index contributed by atoms with van der Waals surface area (Å²) < 4.78 is 37.3. The quantitative estimate of drug-likeness (QED) is 0.412. The van der Waals surface area contributed by atoms with Gasteiger partial charge in [-0.1, -0.05) is 30.3 Å². The van der Waals surface area contributed by atoms with E-state index in [1.807, 2.05) is 0 Å². The van der Waals surface area contributed by atoms with Crippen LogP contribution < -0.4 is 9.47 Å². The van der Waals surface area contributed by atoms with Crippen LogP contribution in [0.25, 0.3) is 6.08 Å². The first-order chi connectivity index (χ1) is 15.9. The molecule has 1 saturated heterocycles. The number of carbonyl (C=O) groups is 2. The maximum atomic E-state index is 13.1. The van der Waals surface area contributed by atoms with Gasteiger partial charge in [0.25, 0.3) is 11.1 Å². The van der Waals surface area contributed by atoms with E-state index in [1.165, 1.54) is 43.5 Å². The van der Waals surface area contributed by atoms with E-state index < -0.39 is 5.91 Å². The minimum atomic E-state index is -0.412. The number of hydrogen-bond acceptors (Lipinski definition) is 5. The fourth-order valence-corrected chi connectivity index (χ4v) is 4.03. The van der Waals surface area contributed by atoms with E-state index in [4.69, 9.17) is 9.47 Å². The van der Waals surface area contributed by atoms with Crippen LogP contribution in [0.1, 0.15) is 16.7 Å². The van der Waals surface area contributed by atoms with Gasteiger partial charge >= 0.3 is 0 Å². The van der Waals surface area contributed by atoms with Gasteiger partial charge in [0.2, 0.25) is 0 Å². The van der Waals surface area contributed by atoms with Crippen LogP contribution in [0.3, 0.4) is 0 Å². The molecule has 2 amide bonds. The molecule has 0 spiro atoms. The molecule has 0 unspecified atom stereocenters. The number of imide groups is 1. The Morgan fingerprint density at radius 2 is 1.52 bits per heavy atom. The normalized spacial score (nSPS) is 14.8. The number of amides is 2. The predicted molar refractivity (Wildman–Crippen MR) is 122 cm³/mol. The minimum Gasteiger partial charge on any atom is -0.493 e. The third-order valence-corrected chi connectivity index (χ3v) is 5.83. The van der Waals surface area contributed by atoms with E-state index in [0.717, 1.165) is 22.2 Å². The lowest BCUT2D eigenvalue weighted by Crippen LogP contribution is -2.27. The van der Waals surface area contributed by atoms with Gasteiger partial charge in [-0.05, 0) is 70.9 Å². The van der Waals surface area contributed by atoms with Crippen molar-refractivity contribution in [2.24, 2.45) is 0 Å². The van der Waals surface area contributed by atoms with Gasteiger partial charge in [-0.3, -0.25) is 14.5 Å². The number of ether oxygens (including phenoxy) is 2. The second-order valence-electron chi connectivity index (χ2n) is 7.22. The summed E-state index contributed by atoms with van der Waals surface area (Å²) in [5.41, 5.74) is 2.12. The molecular weight excluding hydrogens is 448 g/mol. The fourth-order valence-electron chi connectivity index (χ4n) is 3.19. The summed E-state index contributed by atoms with van der Waals surface area (Å²) in [7, 11) is 1.50. The molecule has 0 bridgehead atoms. The van der Waals surface area contributed by atoms with Gasteiger partial charge in [0.1, 0.15) is 18.2 Å². The SMILES string of the molecule is COc1cc(/C=C2\SC(=O)N(Cc3ccc(F)cc3)C2=O)ccc1OCc1ccc(F)cc1. The van der Waals surface area contributed by atoms with Crippen LogP contribution in [0.4, 0.5) is 13.6 Å². The molecule has 1 aliphatic rings. The van der Waals surface area contributed by atoms with E-state index in [2.05, 4.69) is 0 Å². The van der Waals surface area contributed by atoms with Gasteiger partial charge in [0.15, 0.2) is 11.5 Å². The second kappa shape index (κ2) is 9.87. The molecule has 0 atom stereocenters. The molecule has 5 nitrogen and oxygen atoms in total. The molecule has 1 heterocycles. The van der Waals surface area contributed by atoms with Crippen LogP contribution in [0.5, 0.6) is 11.5 Å². The van der Waals surface area contributed by atoms with E-state index in [-0.39, 0.29) is 34.9 Å². The highest BCUT2D eigenvalue weighted by molar-refractivity contribution is 8.18. The first-order valence-electron chi connectivity index (χ1n) is 9.98. The summed E-state index contributed by atoms with van der Waals surface area (Å²) in [6, 6.07) is 16.8. The summed E-state index contributed by atoms with van der Waals surface area (Å²) in [4.78, 5) is 26.5. The Hall–Kier alpha value is -3.65. The van der Waals surface area contributed by atoms with E-state index in [1.54, 1.807) is 36.4 Å². The van der Waals surface area contributed by atoms with Crippen molar-refractivity contribution in [1.29, 1.82) is 0 Å². The van der Waals surface area contributed by atoms with Crippen molar-refractivity contribution in [3.05, 3.63) is 100.0 Å². The van der Waals surface area contributed by atoms with Gasteiger partial charge in [0, 0.05) is 0 Å². The smallest absolute Gasteiger partial charge is 0.293 e. The predicted octanol–water partition coefficient (Wildman–Crippen LogP) is 5.79. The summed E-state index contributed by atoms with van der Waals surface area (Å²) in [5.74, 6) is -0.167. The molecule has 0 saturated carbocycles. The number of benzene rings is 3. The Morgan fingerprint density at radius 3 is 2.15 bits per heavy atom. The number of halogens is 2. The number of nitrogens with zero attached hydrogens (tertiary/aromatic N) is 1. The van der Waals surface area contributed by atoms with Gasteiger partial charge in [-0.25, -0.2) is 8.78 Å². The van der Waals surface area contributed by atoms with E-state index in [9.17, 15) is 18.4 Å². The average Bonchev–Trinajstić information content (AvgIpc) is 3.07. The first-order valence-corrected chi connectivity index (χ1v) is 10.8. The third-order valence-electron chi connectivity index (χ3n) is 4.92. The highest BCUT2D eigenvalue weighted by Gasteiger charge is 2.35. The maximum Gasteiger partial charge on any atom is 0.293 e. The molecule has 4 rings (SSSR count). The zero-order valence-corrected chi connectivity index (χ0v) is 18.4. The van der Waals surface area contributed by atoms with Crippen molar-refractivity contribution in [3.63, 3.8) is 0 Å². The van der Waals surface area contributed by atoms with Gasteiger partial charge < -0.3 is 9.47 Å². The van der Waals surface area contributed by atoms with Crippen LogP contribution in [0, 0.1) is 11.6 Å².